The third kappa shape index (κ3) is 6.73. The van der Waals surface area contributed by atoms with Crippen LogP contribution in [0, 0.1) is 17.5 Å². The zero-order chi connectivity index (χ0) is 24.8. The largest absolute Gasteiger partial charge is 0.481 e. The Hall–Kier alpha value is -3.05. The molecule has 1 aliphatic heterocycles. The summed E-state index contributed by atoms with van der Waals surface area (Å²) >= 11 is 1.30. The molecule has 2 atom stereocenters. The molecule has 34 heavy (non-hydrogen) atoms. The number of halogens is 3. The highest BCUT2D eigenvalue weighted by molar-refractivity contribution is 8.00. The van der Waals surface area contributed by atoms with E-state index in [4.69, 9.17) is 10.8 Å². The fourth-order valence-electron chi connectivity index (χ4n) is 3.59. The zero-order valence-electron chi connectivity index (χ0n) is 18.1. The molecule has 182 valence electrons. The molecule has 2 aromatic rings. The number of rotatable bonds is 9. The molecule has 7 nitrogen and oxygen atoms in total. The number of aliphatic carboxylic acids is 1. The molecule has 0 spiro atoms. The average molecular weight is 496 g/mol. The quantitative estimate of drug-likeness (QED) is 0.460. The summed E-state index contributed by atoms with van der Waals surface area (Å²) in [6, 6.07) is 7.12. The number of thioether (sulfide) groups is 1. The normalized spacial score (nSPS) is 16.4. The minimum absolute atomic E-state index is 0.0900. The van der Waals surface area contributed by atoms with E-state index in [-0.39, 0.29) is 37.3 Å². The molecule has 0 radical (unpaired) electrons. The molecule has 0 aromatic heterocycles. The Kier molecular flexibility index (Phi) is 8.56. The van der Waals surface area contributed by atoms with Gasteiger partial charge < -0.3 is 21.1 Å². The summed E-state index contributed by atoms with van der Waals surface area (Å²) in [7, 11) is 0. The molecule has 2 amide bonds. The van der Waals surface area contributed by atoms with Crippen LogP contribution < -0.4 is 11.1 Å². The van der Waals surface area contributed by atoms with Gasteiger partial charge in [-0.2, -0.15) is 0 Å². The third-order valence-corrected chi connectivity index (χ3v) is 6.49. The zero-order valence-corrected chi connectivity index (χ0v) is 18.9. The molecule has 0 saturated carbocycles. The van der Waals surface area contributed by atoms with Crippen molar-refractivity contribution in [3.63, 3.8) is 0 Å². The fraction of sp³-hybridized carbons (Fsp3) is 0.348. The van der Waals surface area contributed by atoms with Gasteiger partial charge in [-0.1, -0.05) is 24.3 Å². The molecule has 1 heterocycles. The van der Waals surface area contributed by atoms with E-state index in [1.807, 2.05) is 0 Å². The Morgan fingerprint density at radius 1 is 1.09 bits per heavy atom. The highest BCUT2D eigenvalue weighted by atomic mass is 32.2. The summed E-state index contributed by atoms with van der Waals surface area (Å²) < 4.78 is 40.4. The van der Waals surface area contributed by atoms with Gasteiger partial charge in [0.25, 0.3) is 5.91 Å². The summed E-state index contributed by atoms with van der Waals surface area (Å²) in [6.45, 7) is 0.553. The Balaban J connectivity index is 1.53. The van der Waals surface area contributed by atoms with Crippen LogP contribution in [0.15, 0.2) is 36.4 Å². The maximum absolute atomic E-state index is 13.9. The van der Waals surface area contributed by atoms with Gasteiger partial charge in [-0.25, -0.2) is 13.2 Å². The standard InChI is InChI=1S/C23H24F3N3O4S/c24-17-11-19(26)18(25)9-15(17)8-16(27)10-20(30)29-5-6-34-23(29)22(33)28-12-14-3-1-13(2-4-14)7-21(31)32/h1-4,9,11,16,23H,5-8,10,12,27H2,(H,28,33)(H,31,32)/t16-,23?/m1/s1. The number of carboxylic acids is 1. The van der Waals surface area contributed by atoms with Gasteiger partial charge in [0.1, 0.15) is 5.82 Å². The van der Waals surface area contributed by atoms with Crippen molar-refractivity contribution in [2.45, 2.75) is 37.2 Å². The molecule has 3 rings (SSSR count). The molecule has 11 heteroatoms. The Morgan fingerprint density at radius 3 is 2.41 bits per heavy atom. The van der Waals surface area contributed by atoms with Crippen molar-refractivity contribution in [3.8, 4) is 0 Å². The fourth-order valence-corrected chi connectivity index (χ4v) is 4.75. The Morgan fingerprint density at radius 2 is 1.74 bits per heavy atom. The van der Waals surface area contributed by atoms with Gasteiger partial charge in [0.15, 0.2) is 17.0 Å². The number of benzene rings is 2. The number of carbonyl (C=O) groups is 3. The van der Waals surface area contributed by atoms with Crippen LogP contribution >= 0.6 is 11.8 Å². The maximum Gasteiger partial charge on any atom is 0.307 e. The molecule has 1 unspecified atom stereocenters. The third-order valence-electron chi connectivity index (χ3n) is 5.29. The number of nitrogens with zero attached hydrogens (tertiary/aromatic N) is 1. The lowest BCUT2D eigenvalue weighted by Gasteiger charge is -2.24. The number of nitrogens with two attached hydrogens (primary N) is 1. The number of hydrogen-bond donors (Lipinski definition) is 3. The first-order chi connectivity index (χ1) is 16.1. The van der Waals surface area contributed by atoms with Gasteiger partial charge in [0.05, 0.1) is 6.42 Å². The Labute approximate surface area is 198 Å². The van der Waals surface area contributed by atoms with Gasteiger partial charge in [-0.3, -0.25) is 14.4 Å². The lowest BCUT2D eigenvalue weighted by Crippen LogP contribution is -2.46. The predicted octanol–water partition coefficient (Wildman–Crippen LogP) is 2.21. The topological polar surface area (TPSA) is 113 Å². The molecule has 0 aliphatic carbocycles. The van der Waals surface area contributed by atoms with Crippen molar-refractivity contribution in [2.75, 3.05) is 12.3 Å². The van der Waals surface area contributed by atoms with E-state index in [2.05, 4.69) is 5.32 Å². The van der Waals surface area contributed by atoms with E-state index < -0.39 is 40.7 Å². The lowest BCUT2D eigenvalue weighted by atomic mass is 10.0. The summed E-state index contributed by atoms with van der Waals surface area (Å²) in [5, 5.41) is 10.8. The molecule has 4 N–H and O–H groups in total. The molecule has 1 fully saturated rings. The van der Waals surface area contributed by atoms with Gasteiger partial charge in [-0.15, -0.1) is 11.8 Å². The van der Waals surface area contributed by atoms with E-state index in [0.717, 1.165) is 11.6 Å². The summed E-state index contributed by atoms with van der Waals surface area (Å²) in [4.78, 5) is 37.6. The smallest absolute Gasteiger partial charge is 0.307 e. The number of hydrogen-bond acceptors (Lipinski definition) is 5. The summed E-state index contributed by atoms with van der Waals surface area (Å²) in [6.07, 6.45) is -0.439. The van der Waals surface area contributed by atoms with E-state index in [1.165, 1.54) is 16.7 Å². The van der Waals surface area contributed by atoms with Crippen LogP contribution in [0.25, 0.3) is 0 Å². The van der Waals surface area contributed by atoms with Gasteiger partial charge >= 0.3 is 5.97 Å². The monoisotopic (exact) mass is 495 g/mol. The van der Waals surface area contributed by atoms with Crippen molar-refractivity contribution >= 4 is 29.5 Å². The summed E-state index contributed by atoms with van der Waals surface area (Å²) in [5.41, 5.74) is 7.25. The maximum atomic E-state index is 13.9. The van der Waals surface area contributed by atoms with Gasteiger partial charge in [0.2, 0.25) is 5.91 Å². The minimum atomic E-state index is -1.30. The molecular weight excluding hydrogens is 471 g/mol. The molecule has 0 bridgehead atoms. The first kappa shape index (κ1) is 25.6. The molecule has 1 saturated heterocycles. The minimum Gasteiger partial charge on any atom is -0.481 e. The van der Waals surface area contributed by atoms with Crippen molar-refractivity contribution in [2.24, 2.45) is 5.73 Å². The van der Waals surface area contributed by atoms with Gasteiger partial charge in [0, 0.05) is 37.4 Å². The molecule has 1 aliphatic rings. The van der Waals surface area contributed by atoms with Crippen LogP contribution in [0.5, 0.6) is 0 Å². The van der Waals surface area contributed by atoms with Gasteiger partial charge in [-0.05, 0) is 29.2 Å². The highest BCUT2D eigenvalue weighted by Gasteiger charge is 2.35. The number of carbonyl (C=O) groups excluding carboxylic acids is 2. The SMILES string of the molecule is N[C@@H](CC(=O)N1CCSC1C(=O)NCc1ccc(CC(=O)O)cc1)Cc1cc(F)c(F)cc1F. The van der Waals surface area contributed by atoms with E-state index >= 15 is 0 Å². The Bertz CT molecular complexity index is 1070. The van der Waals surface area contributed by atoms with E-state index in [0.29, 0.717) is 23.9 Å². The van der Waals surface area contributed by atoms with Crippen LogP contribution in [0.1, 0.15) is 23.1 Å². The van der Waals surface area contributed by atoms with Crippen molar-refractivity contribution in [3.05, 3.63) is 70.5 Å². The molecular formula is C23H24F3N3O4S. The van der Waals surface area contributed by atoms with Crippen molar-refractivity contribution < 1.29 is 32.7 Å². The van der Waals surface area contributed by atoms with Crippen LogP contribution in [0.2, 0.25) is 0 Å². The molecule has 2 aromatic carbocycles. The summed E-state index contributed by atoms with van der Waals surface area (Å²) in [5.74, 6) is -4.56. The first-order valence-electron chi connectivity index (χ1n) is 10.5. The number of amides is 2. The van der Waals surface area contributed by atoms with E-state index in [1.54, 1.807) is 24.3 Å². The van der Waals surface area contributed by atoms with E-state index in [9.17, 15) is 27.6 Å². The average Bonchev–Trinajstić information content (AvgIpc) is 3.26. The second kappa shape index (κ2) is 11.4. The lowest BCUT2D eigenvalue weighted by molar-refractivity contribution is -0.137. The van der Waals surface area contributed by atoms with Crippen molar-refractivity contribution in [1.29, 1.82) is 0 Å². The number of carboxylic acid groups (broad SMARTS) is 1. The second-order valence-corrected chi connectivity index (χ2v) is 9.13. The highest BCUT2D eigenvalue weighted by Crippen LogP contribution is 2.25. The van der Waals surface area contributed by atoms with Crippen LogP contribution in [-0.4, -0.2) is 51.5 Å². The van der Waals surface area contributed by atoms with Crippen LogP contribution in [-0.2, 0) is 33.8 Å². The second-order valence-electron chi connectivity index (χ2n) is 7.94. The van der Waals surface area contributed by atoms with Crippen molar-refractivity contribution in [1.82, 2.24) is 10.2 Å². The first-order valence-corrected chi connectivity index (χ1v) is 11.6. The van der Waals surface area contributed by atoms with Crippen LogP contribution in [0.4, 0.5) is 13.2 Å². The van der Waals surface area contributed by atoms with Crippen LogP contribution in [0.3, 0.4) is 0 Å². The predicted molar refractivity (Wildman–Crippen MR) is 120 cm³/mol. The number of nitrogens with one attached hydrogen (secondary N) is 1.